The van der Waals surface area contributed by atoms with Crippen LogP contribution in [0.1, 0.15) is 0 Å². The Kier molecular flexibility index (Phi) is 7.38. The van der Waals surface area contributed by atoms with E-state index < -0.39 is 23.6 Å². The SMILES string of the molecule is C=C(F)C(=O)OCCOc1ccc2cc3cc(OCCOC(=O)C(=C)F)ccc3cc2c1. The largest absolute Gasteiger partial charge is 0.490 e. The van der Waals surface area contributed by atoms with Crippen LogP contribution in [-0.2, 0) is 19.1 Å². The number of esters is 2. The van der Waals surface area contributed by atoms with Crippen molar-refractivity contribution >= 4 is 33.5 Å². The lowest BCUT2D eigenvalue weighted by atomic mass is 10.0. The molecule has 0 unspecified atom stereocenters. The first-order chi connectivity index (χ1) is 15.3. The molecule has 0 amide bonds. The van der Waals surface area contributed by atoms with Crippen LogP contribution in [0, 0.1) is 0 Å². The Labute approximate surface area is 182 Å². The number of carbonyl (C=O) groups is 2. The number of fused-ring (bicyclic) bond motifs is 2. The van der Waals surface area contributed by atoms with E-state index in [2.05, 4.69) is 22.6 Å². The highest BCUT2D eigenvalue weighted by atomic mass is 19.1. The Balaban J connectivity index is 1.62. The standard InChI is InChI=1S/C24H20F2O6/c1-15(25)23(27)31-9-7-29-21-5-3-17-12-20-14-22(6-4-18(20)11-19(17)13-21)30-8-10-32-24(28)16(2)26/h3-6,11-14H,1-2,7-10H2. The van der Waals surface area contributed by atoms with Gasteiger partial charge >= 0.3 is 11.9 Å². The third-order valence-electron chi connectivity index (χ3n) is 4.35. The van der Waals surface area contributed by atoms with E-state index in [9.17, 15) is 18.4 Å². The van der Waals surface area contributed by atoms with E-state index in [1.807, 2.05) is 36.4 Å². The van der Waals surface area contributed by atoms with Crippen LogP contribution in [0.2, 0.25) is 0 Å². The molecule has 3 aromatic carbocycles. The molecule has 166 valence electrons. The minimum absolute atomic E-state index is 0.0769. The lowest BCUT2D eigenvalue weighted by Crippen LogP contribution is -2.12. The quantitative estimate of drug-likeness (QED) is 0.194. The third-order valence-corrected chi connectivity index (χ3v) is 4.35. The maximum Gasteiger partial charge on any atom is 0.366 e. The average Bonchev–Trinajstić information content (AvgIpc) is 2.77. The van der Waals surface area contributed by atoms with Gasteiger partial charge in [0.2, 0.25) is 11.7 Å². The highest BCUT2D eigenvalue weighted by Gasteiger charge is 2.08. The minimum atomic E-state index is -1.15. The van der Waals surface area contributed by atoms with Crippen LogP contribution in [-0.4, -0.2) is 38.4 Å². The Morgan fingerprint density at radius 2 is 1.03 bits per heavy atom. The van der Waals surface area contributed by atoms with Gasteiger partial charge in [-0.2, -0.15) is 8.78 Å². The van der Waals surface area contributed by atoms with Crippen LogP contribution in [0.15, 0.2) is 73.3 Å². The van der Waals surface area contributed by atoms with Gasteiger partial charge in [0.1, 0.15) is 37.9 Å². The molecule has 0 bridgehead atoms. The van der Waals surface area contributed by atoms with Crippen LogP contribution in [0.5, 0.6) is 11.5 Å². The first kappa shape index (κ1) is 22.7. The molecular formula is C24H20F2O6. The average molecular weight is 442 g/mol. The van der Waals surface area contributed by atoms with Crippen molar-refractivity contribution in [2.45, 2.75) is 0 Å². The summed E-state index contributed by atoms with van der Waals surface area (Å²) in [5, 5.41) is 3.82. The second-order valence-electron chi connectivity index (χ2n) is 6.65. The van der Waals surface area contributed by atoms with E-state index in [0.29, 0.717) is 11.5 Å². The second kappa shape index (κ2) is 10.4. The van der Waals surface area contributed by atoms with Gasteiger partial charge in [-0.05, 0) is 57.9 Å². The summed E-state index contributed by atoms with van der Waals surface area (Å²) in [6, 6.07) is 15.0. The summed E-state index contributed by atoms with van der Waals surface area (Å²) in [6.07, 6.45) is 0. The number of benzene rings is 3. The molecule has 32 heavy (non-hydrogen) atoms. The fraction of sp³-hybridized carbons (Fsp3) is 0.167. The number of rotatable bonds is 10. The number of hydrogen-bond acceptors (Lipinski definition) is 6. The number of ether oxygens (including phenoxy) is 4. The highest BCUT2D eigenvalue weighted by Crippen LogP contribution is 2.28. The third kappa shape index (κ3) is 6.04. The molecule has 0 spiro atoms. The fourth-order valence-corrected chi connectivity index (χ4v) is 2.88. The van der Waals surface area contributed by atoms with Crippen LogP contribution in [0.4, 0.5) is 8.78 Å². The summed E-state index contributed by atoms with van der Waals surface area (Å²) in [7, 11) is 0. The predicted octanol–water partition coefficient (Wildman–Crippen LogP) is 4.80. The van der Waals surface area contributed by atoms with Crippen molar-refractivity contribution in [2.24, 2.45) is 0 Å². The van der Waals surface area contributed by atoms with Crippen LogP contribution >= 0.6 is 0 Å². The van der Waals surface area contributed by atoms with Gasteiger partial charge in [-0.15, -0.1) is 0 Å². The normalized spacial score (nSPS) is 10.6. The molecule has 0 aliphatic heterocycles. The molecule has 0 aliphatic rings. The monoisotopic (exact) mass is 442 g/mol. The molecule has 0 saturated heterocycles. The first-order valence-corrected chi connectivity index (χ1v) is 9.60. The van der Waals surface area contributed by atoms with Crippen molar-refractivity contribution < 1.29 is 37.3 Å². The van der Waals surface area contributed by atoms with Crippen molar-refractivity contribution in [2.75, 3.05) is 26.4 Å². The Morgan fingerprint density at radius 3 is 1.41 bits per heavy atom. The van der Waals surface area contributed by atoms with E-state index in [1.54, 1.807) is 12.1 Å². The summed E-state index contributed by atoms with van der Waals surface area (Å²) in [6.45, 7) is 5.69. The van der Waals surface area contributed by atoms with Gasteiger partial charge in [0.15, 0.2) is 0 Å². The molecule has 0 aliphatic carbocycles. The summed E-state index contributed by atoms with van der Waals surface area (Å²) in [5.41, 5.74) is 0. The van der Waals surface area contributed by atoms with Crippen LogP contribution in [0.25, 0.3) is 21.5 Å². The lowest BCUT2D eigenvalue weighted by Gasteiger charge is -2.10. The molecule has 0 radical (unpaired) electrons. The van der Waals surface area contributed by atoms with Crippen molar-refractivity contribution in [3.63, 3.8) is 0 Å². The number of hydrogen-bond donors (Lipinski definition) is 0. The summed E-state index contributed by atoms with van der Waals surface area (Å²) >= 11 is 0. The zero-order valence-electron chi connectivity index (χ0n) is 17.1. The zero-order chi connectivity index (χ0) is 23.1. The maximum absolute atomic E-state index is 12.6. The lowest BCUT2D eigenvalue weighted by molar-refractivity contribution is -0.142. The second-order valence-corrected chi connectivity index (χ2v) is 6.65. The van der Waals surface area contributed by atoms with E-state index in [4.69, 9.17) is 9.47 Å². The van der Waals surface area contributed by atoms with Gasteiger partial charge < -0.3 is 18.9 Å². The number of halogens is 2. The van der Waals surface area contributed by atoms with Crippen molar-refractivity contribution in [3.8, 4) is 11.5 Å². The van der Waals surface area contributed by atoms with Gasteiger partial charge in [0.05, 0.1) is 0 Å². The van der Waals surface area contributed by atoms with Gasteiger partial charge in [-0.25, -0.2) is 9.59 Å². The van der Waals surface area contributed by atoms with Crippen molar-refractivity contribution in [1.82, 2.24) is 0 Å². The van der Waals surface area contributed by atoms with Gasteiger partial charge in [0.25, 0.3) is 0 Å². The number of carbonyl (C=O) groups excluding carboxylic acids is 2. The fourth-order valence-electron chi connectivity index (χ4n) is 2.88. The maximum atomic E-state index is 12.6. The van der Waals surface area contributed by atoms with E-state index in [1.165, 1.54) is 0 Å². The van der Waals surface area contributed by atoms with Crippen molar-refractivity contribution in [1.29, 1.82) is 0 Å². The zero-order valence-corrected chi connectivity index (χ0v) is 17.1. The van der Waals surface area contributed by atoms with E-state index in [-0.39, 0.29) is 26.4 Å². The molecule has 0 atom stereocenters. The molecule has 0 aromatic heterocycles. The van der Waals surface area contributed by atoms with Crippen LogP contribution < -0.4 is 9.47 Å². The van der Waals surface area contributed by atoms with Crippen molar-refractivity contribution in [3.05, 3.63) is 73.3 Å². The Hall–Kier alpha value is -3.94. The van der Waals surface area contributed by atoms with Gasteiger partial charge in [0, 0.05) is 0 Å². The highest BCUT2D eigenvalue weighted by molar-refractivity contribution is 5.99. The molecule has 0 heterocycles. The van der Waals surface area contributed by atoms with E-state index in [0.717, 1.165) is 21.5 Å². The van der Waals surface area contributed by atoms with E-state index >= 15 is 0 Å². The smallest absolute Gasteiger partial charge is 0.366 e. The molecule has 3 rings (SSSR count). The molecule has 3 aromatic rings. The summed E-state index contributed by atoms with van der Waals surface area (Å²) in [4.78, 5) is 22.0. The Bertz CT molecular complexity index is 1090. The summed E-state index contributed by atoms with van der Waals surface area (Å²) in [5.74, 6) is -3.34. The van der Waals surface area contributed by atoms with Gasteiger partial charge in [-0.1, -0.05) is 25.3 Å². The summed E-state index contributed by atoms with van der Waals surface area (Å²) < 4.78 is 45.5. The van der Waals surface area contributed by atoms with Gasteiger partial charge in [-0.3, -0.25) is 0 Å². The van der Waals surface area contributed by atoms with Crippen LogP contribution in [0.3, 0.4) is 0 Å². The molecule has 0 N–H and O–H groups in total. The molecule has 8 heteroatoms. The topological polar surface area (TPSA) is 71.1 Å². The molecule has 0 saturated carbocycles. The molecular weight excluding hydrogens is 422 g/mol. The predicted molar refractivity (Wildman–Crippen MR) is 115 cm³/mol. The molecule has 6 nitrogen and oxygen atoms in total. The Morgan fingerprint density at radius 1 is 0.625 bits per heavy atom. The molecule has 0 fully saturated rings. The minimum Gasteiger partial charge on any atom is -0.490 e. The first-order valence-electron chi connectivity index (χ1n) is 9.60.